The van der Waals surface area contributed by atoms with Crippen molar-refractivity contribution in [2.24, 2.45) is 17.1 Å². The van der Waals surface area contributed by atoms with Gasteiger partial charge in [0.2, 0.25) is 5.91 Å². The molecule has 100 valence electrons. The van der Waals surface area contributed by atoms with E-state index in [0.717, 1.165) is 25.7 Å². The van der Waals surface area contributed by atoms with Gasteiger partial charge in [0.25, 0.3) is 0 Å². The van der Waals surface area contributed by atoms with E-state index >= 15 is 0 Å². The van der Waals surface area contributed by atoms with Crippen LogP contribution in [0, 0.1) is 11.3 Å². The Labute approximate surface area is 106 Å². The minimum atomic E-state index is 0.101. The first-order valence-corrected chi connectivity index (χ1v) is 6.95. The zero-order valence-electron chi connectivity index (χ0n) is 11.6. The lowest BCUT2D eigenvalue weighted by Gasteiger charge is -2.36. The van der Waals surface area contributed by atoms with Gasteiger partial charge in [-0.2, -0.15) is 0 Å². The van der Waals surface area contributed by atoms with Crippen LogP contribution in [-0.4, -0.2) is 18.5 Å². The minimum absolute atomic E-state index is 0.101. The van der Waals surface area contributed by atoms with E-state index in [1.54, 1.807) is 0 Å². The van der Waals surface area contributed by atoms with Crippen molar-refractivity contribution in [3.05, 3.63) is 0 Å². The maximum absolute atomic E-state index is 12.0. The highest BCUT2D eigenvalue weighted by Crippen LogP contribution is 2.35. The molecule has 2 atom stereocenters. The number of rotatable bonds is 5. The highest BCUT2D eigenvalue weighted by atomic mass is 16.1. The molecule has 1 rings (SSSR count). The quantitative estimate of drug-likeness (QED) is 0.775. The number of hydrogen-bond acceptors (Lipinski definition) is 2. The molecule has 3 nitrogen and oxygen atoms in total. The van der Waals surface area contributed by atoms with Gasteiger partial charge < -0.3 is 11.1 Å². The third-order valence-corrected chi connectivity index (χ3v) is 3.84. The average Bonchev–Trinajstić information content (AvgIpc) is 2.24. The summed E-state index contributed by atoms with van der Waals surface area (Å²) < 4.78 is 0. The number of hydrogen-bond donors (Lipinski definition) is 2. The van der Waals surface area contributed by atoms with Gasteiger partial charge in [-0.3, -0.25) is 4.79 Å². The third kappa shape index (κ3) is 5.07. The van der Waals surface area contributed by atoms with E-state index in [1.165, 1.54) is 12.8 Å². The Morgan fingerprint density at radius 2 is 2.24 bits per heavy atom. The van der Waals surface area contributed by atoms with Gasteiger partial charge in [-0.15, -0.1) is 0 Å². The molecule has 1 aliphatic rings. The van der Waals surface area contributed by atoms with Gasteiger partial charge in [-0.25, -0.2) is 0 Å². The zero-order valence-corrected chi connectivity index (χ0v) is 11.6. The Kier molecular flexibility index (Phi) is 5.44. The molecule has 0 radical (unpaired) electrons. The Hall–Kier alpha value is -0.570. The fraction of sp³-hybridized carbons (Fsp3) is 0.929. The Balaban J connectivity index is 2.35. The van der Waals surface area contributed by atoms with Crippen molar-refractivity contribution >= 4 is 5.91 Å². The monoisotopic (exact) mass is 240 g/mol. The van der Waals surface area contributed by atoms with Gasteiger partial charge in [-0.1, -0.05) is 27.2 Å². The molecule has 17 heavy (non-hydrogen) atoms. The van der Waals surface area contributed by atoms with Crippen molar-refractivity contribution in [3.63, 3.8) is 0 Å². The van der Waals surface area contributed by atoms with Gasteiger partial charge in [0, 0.05) is 12.0 Å². The lowest BCUT2D eigenvalue weighted by atomic mass is 9.75. The molecule has 1 saturated carbocycles. The highest BCUT2D eigenvalue weighted by Gasteiger charge is 2.29. The van der Waals surface area contributed by atoms with Crippen molar-refractivity contribution in [3.8, 4) is 0 Å². The smallest absolute Gasteiger partial charge is 0.223 e. The van der Waals surface area contributed by atoms with Crippen LogP contribution < -0.4 is 11.1 Å². The number of amides is 1. The van der Waals surface area contributed by atoms with Crippen LogP contribution in [0.4, 0.5) is 0 Å². The van der Waals surface area contributed by atoms with Crippen LogP contribution in [0.2, 0.25) is 0 Å². The first-order valence-electron chi connectivity index (χ1n) is 6.95. The summed E-state index contributed by atoms with van der Waals surface area (Å²) in [7, 11) is 0. The van der Waals surface area contributed by atoms with Crippen LogP contribution in [0.1, 0.15) is 59.3 Å². The SMILES string of the molecule is CC(CCCN)C(=O)NC1CCCC(C)(C)C1. The summed E-state index contributed by atoms with van der Waals surface area (Å²) in [6.45, 7) is 7.26. The van der Waals surface area contributed by atoms with E-state index in [9.17, 15) is 4.79 Å². The largest absolute Gasteiger partial charge is 0.353 e. The molecular weight excluding hydrogens is 212 g/mol. The molecule has 0 aliphatic heterocycles. The maximum Gasteiger partial charge on any atom is 0.223 e. The maximum atomic E-state index is 12.0. The molecule has 1 fully saturated rings. The molecule has 0 heterocycles. The molecule has 0 aromatic heterocycles. The van der Waals surface area contributed by atoms with Crippen molar-refractivity contribution in [1.29, 1.82) is 0 Å². The zero-order chi connectivity index (χ0) is 12.9. The van der Waals surface area contributed by atoms with E-state index in [-0.39, 0.29) is 11.8 Å². The molecule has 0 bridgehead atoms. The van der Waals surface area contributed by atoms with E-state index in [4.69, 9.17) is 5.73 Å². The summed E-state index contributed by atoms with van der Waals surface area (Å²) in [5.74, 6) is 0.310. The fourth-order valence-corrected chi connectivity index (χ4v) is 2.72. The molecule has 0 saturated heterocycles. The fourth-order valence-electron chi connectivity index (χ4n) is 2.72. The number of nitrogens with two attached hydrogens (primary N) is 1. The van der Waals surface area contributed by atoms with Crippen LogP contribution in [0.5, 0.6) is 0 Å². The standard InChI is InChI=1S/C14H28N2O/c1-11(6-5-9-15)13(17)16-12-7-4-8-14(2,3)10-12/h11-12H,4-10,15H2,1-3H3,(H,16,17). The van der Waals surface area contributed by atoms with Gasteiger partial charge >= 0.3 is 0 Å². The summed E-state index contributed by atoms with van der Waals surface area (Å²) in [4.78, 5) is 12.0. The molecule has 2 unspecified atom stereocenters. The summed E-state index contributed by atoms with van der Waals surface area (Å²) in [5.41, 5.74) is 5.85. The molecular formula is C14H28N2O. The van der Waals surface area contributed by atoms with Crippen molar-refractivity contribution in [2.45, 2.75) is 65.3 Å². The molecule has 3 N–H and O–H groups in total. The third-order valence-electron chi connectivity index (χ3n) is 3.84. The topological polar surface area (TPSA) is 55.1 Å². The second-order valence-electron chi connectivity index (χ2n) is 6.30. The Bertz CT molecular complexity index is 251. The summed E-state index contributed by atoms with van der Waals surface area (Å²) in [6, 6.07) is 0.381. The predicted molar refractivity (Wildman–Crippen MR) is 71.6 cm³/mol. The van der Waals surface area contributed by atoms with Crippen LogP contribution in [0.3, 0.4) is 0 Å². The van der Waals surface area contributed by atoms with Gasteiger partial charge in [0.05, 0.1) is 0 Å². The van der Waals surface area contributed by atoms with Crippen molar-refractivity contribution in [1.82, 2.24) is 5.32 Å². The normalized spacial score (nSPS) is 25.3. The second-order valence-corrected chi connectivity index (χ2v) is 6.30. The van der Waals surface area contributed by atoms with Crippen LogP contribution >= 0.6 is 0 Å². The first-order chi connectivity index (χ1) is 7.94. The number of carbonyl (C=O) groups excluding carboxylic acids is 1. The van der Waals surface area contributed by atoms with Crippen molar-refractivity contribution < 1.29 is 4.79 Å². The lowest BCUT2D eigenvalue weighted by molar-refractivity contribution is -0.125. The van der Waals surface area contributed by atoms with E-state index in [0.29, 0.717) is 18.0 Å². The van der Waals surface area contributed by atoms with Gasteiger partial charge in [0.15, 0.2) is 0 Å². The van der Waals surface area contributed by atoms with E-state index < -0.39 is 0 Å². The van der Waals surface area contributed by atoms with E-state index in [1.807, 2.05) is 6.92 Å². The van der Waals surface area contributed by atoms with Crippen LogP contribution in [0.15, 0.2) is 0 Å². The molecule has 0 aromatic rings. The van der Waals surface area contributed by atoms with Crippen LogP contribution in [-0.2, 0) is 4.79 Å². The molecule has 0 aromatic carbocycles. The van der Waals surface area contributed by atoms with Gasteiger partial charge in [0.1, 0.15) is 0 Å². The summed E-state index contributed by atoms with van der Waals surface area (Å²) >= 11 is 0. The average molecular weight is 240 g/mol. The first kappa shape index (κ1) is 14.5. The molecule has 0 spiro atoms. The summed E-state index contributed by atoms with van der Waals surface area (Å²) in [6.07, 6.45) is 6.60. The molecule has 3 heteroatoms. The Morgan fingerprint density at radius 3 is 2.82 bits per heavy atom. The second kappa shape index (κ2) is 6.39. The lowest BCUT2D eigenvalue weighted by Crippen LogP contribution is -2.42. The van der Waals surface area contributed by atoms with E-state index in [2.05, 4.69) is 19.2 Å². The predicted octanol–water partition coefficient (Wildman–Crippen LogP) is 2.45. The van der Waals surface area contributed by atoms with Crippen molar-refractivity contribution in [2.75, 3.05) is 6.54 Å². The Morgan fingerprint density at radius 1 is 1.53 bits per heavy atom. The summed E-state index contributed by atoms with van der Waals surface area (Å²) in [5, 5.41) is 3.20. The van der Waals surface area contributed by atoms with Gasteiger partial charge in [-0.05, 0) is 44.1 Å². The number of nitrogens with one attached hydrogen (secondary N) is 1. The van der Waals surface area contributed by atoms with Crippen LogP contribution in [0.25, 0.3) is 0 Å². The highest BCUT2D eigenvalue weighted by molar-refractivity contribution is 5.78. The molecule has 1 amide bonds. The molecule has 1 aliphatic carbocycles. The minimum Gasteiger partial charge on any atom is -0.353 e. The number of carbonyl (C=O) groups is 1.